The third-order valence-corrected chi connectivity index (χ3v) is 8.60. The summed E-state index contributed by atoms with van der Waals surface area (Å²) >= 11 is 0. The van der Waals surface area contributed by atoms with E-state index < -0.39 is 64.5 Å². The van der Waals surface area contributed by atoms with Gasteiger partial charge in [-0.15, -0.1) is 0 Å². The summed E-state index contributed by atoms with van der Waals surface area (Å²) in [6.45, 7) is 3.67. The number of alkyl halides is 3. The highest BCUT2D eigenvalue weighted by molar-refractivity contribution is 6.25. The Morgan fingerprint density at radius 3 is 2.40 bits per heavy atom. The first-order chi connectivity index (χ1) is 22.2. The van der Waals surface area contributed by atoms with Gasteiger partial charge < -0.3 is 10.2 Å². The molecule has 1 atom stereocenters. The quantitative estimate of drug-likeness (QED) is 0.220. The summed E-state index contributed by atoms with van der Waals surface area (Å²) in [5, 5.41) is 14.4. The van der Waals surface area contributed by atoms with Gasteiger partial charge in [-0.1, -0.05) is 18.9 Å². The smallest absolute Gasteiger partial charge is 0.384 e. The van der Waals surface area contributed by atoms with Crippen LogP contribution in [0.3, 0.4) is 0 Å². The second kappa shape index (κ2) is 12.5. The minimum absolute atomic E-state index is 0.0207. The second-order valence-corrected chi connectivity index (χ2v) is 12.0. The lowest BCUT2D eigenvalue weighted by Crippen LogP contribution is -2.54. The summed E-state index contributed by atoms with van der Waals surface area (Å²) in [6, 6.07) is 7.19. The van der Waals surface area contributed by atoms with E-state index in [4.69, 9.17) is 5.26 Å². The number of nitriles is 1. The first kappa shape index (κ1) is 33.1. The number of rotatable bonds is 10. The third kappa shape index (κ3) is 6.02. The molecule has 2 saturated heterocycles. The molecule has 5 rings (SSSR count). The number of hydrogen-bond acceptors (Lipinski definition) is 8. The highest BCUT2D eigenvalue weighted by atomic mass is 19.4. The first-order valence-corrected chi connectivity index (χ1v) is 15.0. The maximum atomic E-state index is 13.5. The maximum absolute atomic E-state index is 13.5. The molecule has 2 aromatic carbocycles. The molecule has 0 aromatic heterocycles. The minimum atomic E-state index is -4.85. The molecule has 3 aliphatic heterocycles. The van der Waals surface area contributed by atoms with Crippen LogP contribution in [-0.4, -0.2) is 70.0 Å². The van der Waals surface area contributed by atoms with Crippen molar-refractivity contribution in [1.82, 2.24) is 15.1 Å². The number of benzene rings is 2. The number of amides is 7. The number of anilines is 2. The zero-order valence-electron chi connectivity index (χ0n) is 25.6. The fourth-order valence-corrected chi connectivity index (χ4v) is 6.08. The zero-order chi connectivity index (χ0) is 34.3. The monoisotopic (exact) mass is 652 g/mol. The van der Waals surface area contributed by atoms with Crippen molar-refractivity contribution >= 4 is 46.9 Å². The SMILES string of the molecule is CC1(C)C(=O)N(c2ccc(C#N)c(C(F)(F)F)c2)C(=O)N1CCCCCCNc1cccc2c1C(=O)N(C1CCC(=O)NC1=O)C2=O. The van der Waals surface area contributed by atoms with Crippen LogP contribution in [0.1, 0.15) is 84.2 Å². The second-order valence-electron chi connectivity index (χ2n) is 12.0. The summed E-state index contributed by atoms with van der Waals surface area (Å²) in [5.74, 6) is -3.03. The number of piperidine rings is 1. The van der Waals surface area contributed by atoms with Gasteiger partial charge in [0.15, 0.2) is 0 Å². The van der Waals surface area contributed by atoms with Gasteiger partial charge in [-0.25, -0.2) is 9.69 Å². The van der Waals surface area contributed by atoms with Crippen LogP contribution in [0.2, 0.25) is 0 Å². The van der Waals surface area contributed by atoms with Crippen molar-refractivity contribution in [2.75, 3.05) is 23.3 Å². The fourth-order valence-electron chi connectivity index (χ4n) is 6.08. The van der Waals surface area contributed by atoms with E-state index in [9.17, 15) is 41.9 Å². The number of urea groups is 1. The minimum Gasteiger partial charge on any atom is -0.384 e. The number of nitrogens with zero attached hydrogens (tertiary/aromatic N) is 4. The molecule has 0 radical (unpaired) electrons. The van der Waals surface area contributed by atoms with E-state index in [1.807, 2.05) is 0 Å². The highest BCUT2D eigenvalue weighted by Crippen LogP contribution is 2.38. The molecule has 1 unspecified atom stereocenters. The largest absolute Gasteiger partial charge is 0.417 e. The van der Waals surface area contributed by atoms with E-state index in [2.05, 4.69) is 10.6 Å². The number of fused-ring (bicyclic) bond motifs is 1. The van der Waals surface area contributed by atoms with E-state index in [1.54, 1.807) is 12.1 Å². The van der Waals surface area contributed by atoms with Crippen LogP contribution in [0.25, 0.3) is 0 Å². The Morgan fingerprint density at radius 1 is 1.00 bits per heavy atom. The van der Waals surface area contributed by atoms with E-state index in [-0.39, 0.29) is 36.2 Å². The number of halogens is 3. The van der Waals surface area contributed by atoms with Crippen molar-refractivity contribution in [3.8, 4) is 6.07 Å². The Balaban J connectivity index is 1.14. The van der Waals surface area contributed by atoms with Gasteiger partial charge in [0.1, 0.15) is 11.6 Å². The molecule has 0 aliphatic carbocycles. The van der Waals surface area contributed by atoms with Gasteiger partial charge in [0, 0.05) is 25.2 Å². The predicted molar refractivity (Wildman–Crippen MR) is 160 cm³/mol. The highest BCUT2D eigenvalue weighted by Gasteiger charge is 2.52. The predicted octanol–water partition coefficient (Wildman–Crippen LogP) is 4.20. The average molecular weight is 653 g/mol. The molecule has 47 heavy (non-hydrogen) atoms. The van der Waals surface area contributed by atoms with E-state index >= 15 is 0 Å². The van der Waals surface area contributed by atoms with E-state index in [0.29, 0.717) is 48.9 Å². The molecule has 3 heterocycles. The Labute approximate surface area is 267 Å². The standard InChI is InChI=1S/C32H31F3N6O6/c1-31(2)29(46)40(19-11-10-18(17-36)21(16-19)32(33,34)35)30(47)39(31)15-6-4-3-5-14-37-22-9-7-8-20-25(22)28(45)41(27(20)44)23-12-13-24(42)38-26(23)43/h7-11,16,23,37H,3-6,12-15H2,1-2H3,(H,38,42,43). The van der Waals surface area contributed by atoms with Crippen molar-refractivity contribution in [3.05, 3.63) is 58.7 Å². The van der Waals surface area contributed by atoms with E-state index in [0.717, 1.165) is 17.0 Å². The lowest BCUT2D eigenvalue weighted by molar-refractivity contribution is -0.138. The lowest BCUT2D eigenvalue weighted by Gasteiger charge is -2.27. The normalized spacial score (nSPS) is 19.3. The van der Waals surface area contributed by atoms with Crippen molar-refractivity contribution in [1.29, 1.82) is 5.26 Å². The number of hydrogen-bond donors (Lipinski definition) is 2. The molecule has 0 saturated carbocycles. The van der Waals surface area contributed by atoms with Gasteiger partial charge in [0.2, 0.25) is 11.8 Å². The molecule has 0 bridgehead atoms. The van der Waals surface area contributed by atoms with Crippen LogP contribution in [0.4, 0.5) is 29.3 Å². The number of imide groups is 3. The molecular formula is C32H31F3N6O6. The topological polar surface area (TPSA) is 160 Å². The van der Waals surface area contributed by atoms with Gasteiger partial charge in [-0.2, -0.15) is 18.4 Å². The van der Waals surface area contributed by atoms with Gasteiger partial charge in [-0.05, 0) is 63.4 Å². The van der Waals surface area contributed by atoms with Crippen LogP contribution in [-0.2, 0) is 20.6 Å². The average Bonchev–Trinajstić information content (AvgIpc) is 3.36. The zero-order valence-corrected chi connectivity index (χ0v) is 25.6. The number of unbranched alkanes of at least 4 members (excludes halogenated alkanes) is 3. The molecule has 2 fully saturated rings. The first-order valence-electron chi connectivity index (χ1n) is 15.0. The van der Waals surface area contributed by atoms with Gasteiger partial charge in [-0.3, -0.25) is 34.2 Å². The molecule has 3 aliphatic rings. The Morgan fingerprint density at radius 2 is 1.72 bits per heavy atom. The van der Waals surface area contributed by atoms with E-state index in [1.165, 1.54) is 30.9 Å². The van der Waals surface area contributed by atoms with Crippen molar-refractivity contribution in [2.24, 2.45) is 0 Å². The summed E-state index contributed by atoms with van der Waals surface area (Å²) in [4.78, 5) is 79.5. The summed E-state index contributed by atoms with van der Waals surface area (Å²) in [6.07, 6.45) is -2.27. The van der Waals surface area contributed by atoms with Crippen molar-refractivity contribution in [2.45, 2.75) is 70.1 Å². The Hall–Kier alpha value is -5.26. The number of nitrogens with one attached hydrogen (secondary N) is 2. The molecular weight excluding hydrogens is 621 g/mol. The molecule has 0 spiro atoms. The third-order valence-electron chi connectivity index (χ3n) is 8.60. The molecule has 2 aromatic rings. The van der Waals surface area contributed by atoms with Crippen LogP contribution in [0.15, 0.2) is 36.4 Å². The van der Waals surface area contributed by atoms with Crippen LogP contribution in [0, 0.1) is 11.3 Å². The Bertz CT molecular complexity index is 1730. The molecule has 246 valence electrons. The van der Waals surface area contributed by atoms with Crippen molar-refractivity contribution in [3.63, 3.8) is 0 Å². The number of carbonyl (C=O) groups excluding carboxylic acids is 6. The van der Waals surface area contributed by atoms with Crippen LogP contribution >= 0.6 is 0 Å². The maximum Gasteiger partial charge on any atom is 0.417 e. The van der Waals surface area contributed by atoms with Crippen molar-refractivity contribution < 1.29 is 41.9 Å². The van der Waals surface area contributed by atoms with Gasteiger partial charge in [0.25, 0.3) is 17.7 Å². The Kier molecular flexibility index (Phi) is 8.81. The molecule has 15 heteroatoms. The molecule has 12 nitrogen and oxygen atoms in total. The summed E-state index contributed by atoms with van der Waals surface area (Å²) < 4.78 is 40.5. The lowest BCUT2D eigenvalue weighted by atomic mass is 10.0. The molecule has 2 N–H and O–H groups in total. The van der Waals surface area contributed by atoms with Gasteiger partial charge >= 0.3 is 12.2 Å². The number of carbonyl (C=O) groups is 6. The van der Waals surface area contributed by atoms with Crippen LogP contribution < -0.4 is 15.5 Å². The fraction of sp³-hybridized carbons (Fsp3) is 0.406. The van der Waals surface area contributed by atoms with Crippen LogP contribution in [0.5, 0.6) is 0 Å². The van der Waals surface area contributed by atoms with Gasteiger partial charge in [0.05, 0.1) is 34.0 Å². The summed E-state index contributed by atoms with van der Waals surface area (Å²) in [5.41, 5.74) is -2.64. The summed E-state index contributed by atoms with van der Waals surface area (Å²) in [7, 11) is 0. The molecule has 7 amide bonds.